The molecule has 0 saturated heterocycles. The van der Waals surface area contributed by atoms with Crippen molar-refractivity contribution >= 4 is 23.2 Å². The first-order chi connectivity index (χ1) is 8.16. The molecule has 0 aromatic carbocycles. The smallest absolute Gasteiger partial charge is 0.308 e. The zero-order valence-corrected chi connectivity index (χ0v) is 10.2. The van der Waals surface area contributed by atoms with E-state index in [-0.39, 0.29) is 11.9 Å². The third-order valence-electron chi connectivity index (χ3n) is 3.12. The van der Waals surface area contributed by atoms with E-state index < -0.39 is 11.9 Å². The summed E-state index contributed by atoms with van der Waals surface area (Å²) in [6.45, 7) is 0. The van der Waals surface area contributed by atoms with Crippen LogP contribution in [0.15, 0.2) is 16.8 Å². The van der Waals surface area contributed by atoms with Gasteiger partial charge in [0.1, 0.15) is 0 Å². The Morgan fingerprint density at radius 1 is 1.47 bits per heavy atom. The number of amides is 1. The summed E-state index contributed by atoms with van der Waals surface area (Å²) in [5.74, 6) is -1.30. The molecule has 0 spiro atoms. The quantitative estimate of drug-likeness (QED) is 0.857. The fourth-order valence-corrected chi connectivity index (χ4v) is 2.93. The second-order valence-electron chi connectivity index (χ2n) is 4.36. The normalized spacial score (nSPS) is 23.5. The zero-order valence-electron chi connectivity index (χ0n) is 9.39. The second-order valence-corrected chi connectivity index (χ2v) is 5.14. The highest BCUT2D eigenvalue weighted by molar-refractivity contribution is 7.07. The molecule has 1 aliphatic carbocycles. The Kier molecular flexibility index (Phi) is 3.78. The number of hydrogen-bond donors (Lipinski definition) is 2. The fourth-order valence-electron chi connectivity index (χ4n) is 2.26. The molecule has 17 heavy (non-hydrogen) atoms. The van der Waals surface area contributed by atoms with Crippen LogP contribution in [0.25, 0.3) is 0 Å². The van der Waals surface area contributed by atoms with Crippen molar-refractivity contribution in [2.75, 3.05) is 0 Å². The minimum absolute atomic E-state index is 0.0819. The van der Waals surface area contributed by atoms with Crippen LogP contribution in [0.1, 0.15) is 24.8 Å². The van der Waals surface area contributed by atoms with Crippen LogP contribution in [0.3, 0.4) is 0 Å². The molecule has 0 bridgehead atoms. The van der Waals surface area contributed by atoms with Crippen molar-refractivity contribution < 1.29 is 14.7 Å². The highest BCUT2D eigenvalue weighted by atomic mass is 32.1. The predicted octanol–water partition coefficient (Wildman–Crippen LogP) is 1.66. The largest absolute Gasteiger partial charge is 0.481 e. The van der Waals surface area contributed by atoms with Gasteiger partial charge in [-0.25, -0.2) is 0 Å². The van der Waals surface area contributed by atoms with Gasteiger partial charge in [0.15, 0.2) is 0 Å². The molecular weight excluding hydrogens is 238 g/mol. The monoisotopic (exact) mass is 253 g/mol. The first-order valence-electron chi connectivity index (χ1n) is 5.70. The van der Waals surface area contributed by atoms with Crippen LogP contribution >= 0.6 is 11.3 Å². The van der Waals surface area contributed by atoms with Gasteiger partial charge in [-0.1, -0.05) is 6.42 Å². The van der Waals surface area contributed by atoms with Crippen molar-refractivity contribution in [2.24, 2.45) is 5.92 Å². The second kappa shape index (κ2) is 5.31. The summed E-state index contributed by atoms with van der Waals surface area (Å²) in [4.78, 5) is 22.7. The predicted molar refractivity (Wildman–Crippen MR) is 64.9 cm³/mol. The average molecular weight is 253 g/mol. The van der Waals surface area contributed by atoms with Crippen LogP contribution in [0.4, 0.5) is 0 Å². The van der Waals surface area contributed by atoms with E-state index in [4.69, 9.17) is 5.11 Å². The summed E-state index contributed by atoms with van der Waals surface area (Å²) < 4.78 is 0. The van der Waals surface area contributed by atoms with E-state index in [1.165, 1.54) is 0 Å². The summed E-state index contributed by atoms with van der Waals surface area (Å²) >= 11 is 1.56. The molecule has 1 heterocycles. The lowest BCUT2D eigenvalue weighted by molar-refractivity contribution is -0.142. The van der Waals surface area contributed by atoms with Gasteiger partial charge in [-0.3, -0.25) is 9.59 Å². The van der Waals surface area contributed by atoms with Crippen LogP contribution < -0.4 is 5.32 Å². The lowest BCUT2D eigenvalue weighted by Crippen LogP contribution is -2.40. The number of carbonyl (C=O) groups is 2. The molecule has 1 amide bonds. The van der Waals surface area contributed by atoms with Gasteiger partial charge >= 0.3 is 5.97 Å². The van der Waals surface area contributed by atoms with E-state index in [9.17, 15) is 9.59 Å². The Labute approximate surface area is 104 Å². The number of nitrogens with one attached hydrogen (secondary N) is 1. The maximum atomic E-state index is 11.7. The number of hydrogen-bond acceptors (Lipinski definition) is 3. The molecular formula is C12H15NO3S. The molecule has 1 fully saturated rings. The summed E-state index contributed by atoms with van der Waals surface area (Å²) in [6.07, 6.45) is 2.65. The maximum Gasteiger partial charge on any atom is 0.308 e. The number of aliphatic carboxylic acids is 1. The maximum absolute atomic E-state index is 11.7. The molecule has 2 atom stereocenters. The Hall–Kier alpha value is -1.36. The third-order valence-corrected chi connectivity index (χ3v) is 3.86. The lowest BCUT2D eigenvalue weighted by Gasteiger charge is -2.17. The molecule has 5 heteroatoms. The topological polar surface area (TPSA) is 66.4 Å². The van der Waals surface area contributed by atoms with Crippen molar-refractivity contribution in [1.82, 2.24) is 5.32 Å². The standard InChI is InChI=1S/C12H15NO3S/c14-11(6-8-4-5-17-7-8)13-10-3-1-2-9(10)12(15)16/h4-5,7,9-10H,1-3,6H2,(H,13,14)(H,15,16)/t9-,10+/m1/s1. The van der Waals surface area contributed by atoms with E-state index in [0.29, 0.717) is 12.8 Å². The number of carboxylic acid groups (broad SMARTS) is 1. The first kappa shape index (κ1) is 12.1. The average Bonchev–Trinajstić information content (AvgIpc) is 2.88. The van der Waals surface area contributed by atoms with E-state index in [0.717, 1.165) is 18.4 Å². The highest BCUT2D eigenvalue weighted by Gasteiger charge is 2.33. The molecule has 1 aromatic rings. The fraction of sp³-hybridized carbons (Fsp3) is 0.500. The molecule has 92 valence electrons. The Morgan fingerprint density at radius 2 is 2.29 bits per heavy atom. The Bertz CT molecular complexity index is 402. The van der Waals surface area contributed by atoms with Crippen LogP contribution in [-0.4, -0.2) is 23.0 Å². The number of carboxylic acids is 1. The minimum Gasteiger partial charge on any atom is -0.481 e. The molecule has 2 N–H and O–H groups in total. The van der Waals surface area contributed by atoms with Crippen molar-refractivity contribution in [3.63, 3.8) is 0 Å². The van der Waals surface area contributed by atoms with E-state index in [1.54, 1.807) is 11.3 Å². The van der Waals surface area contributed by atoms with Crippen molar-refractivity contribution in [2.45, 2.75) is 31.7 Å². The molecule has 1 aliphatic rings. The molecule has 0 aliphatic heterocycles. The number of carbonyl (C=O) groups excluding carboxylic acids is 1. The van der Waals surface area contributed by atoms with E-state index in [2.05, 4.69) is 5.32 Å². The molecule has 0 radical (unpaired) electrons. The summed E-state index contributed by atoms with van der Waals surface area (Å²) in [7, 11) is 0. The molecule has 1 saturated carbocycles. The highest BCUT2D eigenvalue weighted by Crippen LogP contribution is 2.25. The molecule has 0 unspecified atom stereocenters. The van der Waals surface area contributed by atoms with Gasteiger partial charge in [0.05, 0.1) is 12.3 Å². The molecule has 2 rings (SSSR count). The molecule has 4 nitrogen and oxygen atoms in total. The number of thiophene rings is 1. The van der Waals surface area contributed by atoms with Crippen LogP contribution in [0.5, 0.6) is 0 Å². The lowest BCUT2D eigenvalue weighted by atomic mass is 10.0. The van der Waals surface area contributed by atoms with Crippen molar-refractivity contribution in [1.29, 1.82) is 0 Å². The van der Waals surface area contributed by atoms with Crippen molar-refractivity contribution in [3.05, 3.63) is 22.4 Å². The van der Waals surface area contributed by atoms with E-state index in [1.807, 2.05) is 16.8 Å². The first-order valence-corrected chi connectivity index (χ1v) is 6.64. The van der Waals surface area contributed by atoms with Gasteiger partial charge in [-0.2, -0.15) is 11.3 Å². The zero-order chi connectivity index (χ0) is 12.3. The number of rotatable bonds is 4. The Balaban J connectivity index is 1.88. The summed E-state index contributed by atoms with van der Waals surface area (Å²) in [5, 5.41) is 15.7. The van der Waals surface area contributed by atoms with Crippen molar-refractivity contribution in [3.8, 4) is 0 Å². The van der Waals surface area contributed by atoms with Gasteiger partial charge in [-0.05, 0) is 35.2 Å². The van der Waals surface area contributed by atoms with Crippen LogP contribution in [0, 0.1) is 5.92 Å². The molecule has 1 aromatic heterocycles. The van der Waals surface area contributed by atoms with Crippen LogP contribution in [0.2, 0.25) is 0 Å². The summed E-state index contributed by atoms with van der Waals surface area (Å²) in [6, 6.07) is 1.71. The van der Waals surface area contributed by atoms with Gasteiger partial charge in [-0.15, -0.1) is 0 Å². The Morgan fingerprint density at radius 3 is 2.94 bits per heavy atom. The summed E-state index contributed by atoms with van der Waals surface area (Å²) in [5.41, 5.74) is 0.984. The van der Waals surface area contributed by atoms with Gasteiger partial charge in [0, 0.05) is 6.04 Å². The van der Waals surface area contributed by atoms with E-state index >= 15 is 0 Å². The van der Waals surface area contributed by atoms with Gasteiger partial charge < -0.3 is 10.4 Å². The van der Waals surface area contributed by atoms with Gasteiger partial charge in [0.2, 0.25) is 5.91 Å². The SMILES string of the molecule is O=C(Cc1ccsc1)N[C@H]1CCC[C@H]1C(=O)O. The van der Waals surface area contributed by atoms with Crippen LogP contribution in [-0.2, 0) is 16.0 Å². The third kappa shape index (κ3) is 3.06. The minimum atomic E-state index is -0.802. The van der Waals surface area contributed by atoms with Gasteiger partial charge in [0.25, 0.3) is 0 Å².